The molecule has 1 amide bonds. The molecule has 86 valence electrons. The number of amides is 1. The van der Waals surface area contributed by atoms with Crippen LogP contribution in [-0.2, 0) is 9.53 Å². The van der Waals surface area contributed by atoms with E-state index in [2.05, 4.69) is 4.98 Å². The third-order valence-electron chi connectivity index (χ3n) is 2.82. The number of aromatic nitrogens is 1. The molecule has 5 nitrogen and oxygen atoms in total. The number of rotatable bonds is 2. The second kappa shape index (κ2) is 4.49. The first-order valence-electron chi connectivity index (χ1n) is 5.24. The summed E-state index contributed by atoms with van der Waals surface area (Å²) in [5.74, 6) is 0.478. The third-order valence-corrected chi connectivity index (χ3v) is 2.82. The number of nitrogens with two attached hydrogens (primary N) is 1. The van der Waals surface area contributed by atoms with E-state index in [4.69, 9.17) is 10.5 Å². The molecule has 0 aromatic carbocycles. The number of nitrogens with zero attached hydrogens (tertiary/aromatic N) is 2. The molecule has 0 aliphatic carbocycles. The number of nitrogen functional groups attached to an aromatic ring is 1. The first kappa shape index (κ1) is 10.9. The largest absolute Gasteiger partial charge is 0.384 e. The molecule has 1 aromatic heterocycles. The van der Waals surface area contributed by atoms with E-state index in [0.717, 1.165) is 12.0 Å². The van der Waals surface area contributed by atoms with Crippen LogP contribution in [0.2, 0.25) is 0 Å². The Labute approximate surface area is 94.2 Å². The molecule has 16 heavy (non-hydrogen) atoms. The molecular formula is C11H15N3O2. The lowest BCUT2D eigenvalue weighted by Crippen LogP contribution is -2.45. The minimum atomic E-state index is -0.0608. The van der Waals surface area contributed by atoms with E-state index < -0.39 is 0 Å². The predicted octanol–water partition coefficient (Wildman–Crippen LogP) is 0.582. The van der Waals surface area contributed by atoms with Crippen LogP contribution in [-0.4, -0.2) is 35.5 Å². The van der Waals surface area contributed by atoms with Gasteiger partial charge in [-0.15, -0.1) is 0 Å². The monoisotopic (exact) mass is 221 g/mol. The Morgan fingerprint density at radius 1 is 1.56 bits per heavy atom. The van der Waals surface area contributed by atoms with Gasteiger partial charge in [0.1, 0.15) is 5.82 Å². The maximum absolute atomic E-state index is 11.0. The molecule has 1 fully saturated rings. The van der Waals surface area contributed by atoms with Crippen molar-refractivity contribution >= 4 is 12.2 Å². The summed E-state index contributed by atoms with van der Waals surface area (Å²) in [5, 5.41) is 0. The van der Waals surface area contributed by atoms with Gasteiger partial charge in [-0.3, -0.25) is 4.79 Å². The molecule has 1 aromatic rings. The van der Waals surface area contributed by atoms with E-state index in [1.54, 1.807) is 17.2 Å². The molecule has 2 rings (SSSR count). The van der Waals surface area contributed by atoms with Crippen LogP contribution in [0.5, 0.6) is 0 Å². The number of ether oxygens (including phenoxy) is 1. The van der Waals surface area contributed by atoms with Crippen LogP contribution in [0.25, 0.3) is 0 Å². The Kier molecular flexibility index (Phi) is 3.05. The van der Waals surface area contributed by atoms with Gasteiger partial charge in [0.15, 0.2) is 0 Å². The average Bonchev–Trinajstić information content (AvgIpc) is 2.30. The van der Waals surface area contributed by atoms with Crippen LogP contribution in [0.1, 0.15) is 18.5 Å². The first-order valence-corrected chi connectivity index (χ1v) is 5.24. The highest BCUT2D eigenvalue weighted by Crippen LogP contribution is 2.25. The second-order valence-corrected chi connectivity index (χ2v) is 3.97. The van der Waals surface area contributed by atoms with Gasteiger partial charge < -0.3 is 15.4 Å². The minimum Gasteiger partial charge on any atom is -0.384 e. The summed E-state index contributed by atoms with van der Waals surface area (Å²) >= 11 is 0. The number of pyridine rings is 1. The Morgan fingerprint density at radius 3 is 3.00 bits per heavy atom. The van der Waals surface area contributed by atoms with Crippen LogP contribution < -0.4 is 5.73 Å². The molecular weight excluding hydrogens is 206 g/mol. The van der Waals surface area contributed by atoms with E-state index in [1.807, 2.05) is 13.0 Å². The zero-order valence-electron chi connectivity index (χ0n) is 9.17. The van der Waals surface area contributed by atoms with E-state index in [1.165, 1.54) is 0 Å². The normalized spacial score (nSPS) is 25.4. The molecule has 1 aliphatic rings. The summed E-state index contributed by atoms with van der Waals surface area (Å²) in [4.78, 5) is 16.8. The van der Waals surface area contributed by atoms with Crippen LogP contribution in [0, 0.1) is 0 Å². The number of hydrogen-bond donors (Lipinski definition) is 1. The van der Waals surface area contributed by atoms with Gasteiger partial charge in [-0.05, 0) is 18.6 Å². The Hall–Kier alpha value is -1.62. The summed E-state index contributed by atoms with van der Waals surface area (Å²) in [5.41, 5.74) is 6.48. The van der Waals surface area contributed by atoms with E-state index in [-0.39, 0.29) is 12.1 Å². The van der Waals surface area contributed by atoms with Gasteiger partial charge >= 0.3 is 0 Å². The van der Waals surface area contributed by atoms with Crippen molar-refractivity contribution in [1.29, 1.82) is 0 Å². The van der Waals surface area contributed by atoms with Gasteiger partial charge in [-0.2, -0.15) is 0 Å². The van der Waals surface area contributed by atoms with Crippen molar-refractivity contribution in [3.8, 4) is 0 Å². The predicted molar refractivity (Wildman–Crippen MR) is 59.6 cm³/mol. The molecule has 1 saturated heterocycles. The van der Waals surface area contributed by atoms with Gasteiger partial charge in [0.2, 0.25) is 6.41 Å². The zero-order valence-corrected chi connectivity index (χ0v) is 9.17. The van der Waals surface area contributed by atoms with Gasteiger partial charge in [-0.25, -0.2) is 4.98 Å². The molecule has 5 heteroatoms. The summed E-state index contributed by atoms with van der Waals surface area (Å²) < 4.78 is 5.45. The highest BCUT2D eigenvalue weighted by Gasteiger charge is 2.28. The smallest absolute Gasteiger partial charge is 0.210 e. The van der Waals surface area contributed by atoms with E-state index in [0.29, 0.717) is 19.0 Å². The van der Waals surface area contributed by atoms with Crippen molar-refractivity contribution in [2.75, 3.05) is 18.9 Å². The second-order valence-electron chi connectivity index (χ2n) is 3.97. The lowest BCUT2D eigenvalue weighted by atomic mass is 10.1. The molecule has 2 heterocycles. The Bertz CT molecular complexity index is 366. The van der Waals surface area contributed by atoms with Gasteiger partial charge in [0.25, 0.3) is 0 Å². The summed E-state index contributed by atoms with van der Waals surface area (Å²) in [6.07, 6.45) is 2.56. The highest BCUT2D eigenvalue weighted by atomic mass is 16.5. The number of carbonyl (C=O) groups is 1. The fourth-order valence-corrected chi connectivity index (χ4v) is 1.89. The molecule has 0 radical (unpaired) electrons. The average molecular weight is 221 g/mol. The van der Waals surface area contributed by atoms with Crippen molar-refractivity contribution in [2.24, 2.45) is 0 Å². The van der Waals surface area contributed by atoms with Crippen molar-refractivity contribution in [2.45, 2.75) is 19.0 Å². The fraction of sp³-hybridized carbons (Fsp3) is 0.455. The quantitative estimate of drug-likeness (QED) is 0.742. The lowest BCUT2D eigenvalue weighted by Gasteiger charge is -2.37. The fourth-order valence-electron chi connectivity index (χ4n) is 1.89. The minimum absolute atomic E-state index is 0.0608. The topological polar surface area (TPSA) is 68.5 Å². The number of morpholine rings is 1. The van der Waals surface area contributed by atoms with Gasteiger partial charge in [-0.1, -0.05) is 6.07 Å². The van der Waals surface area contributed by atoms with Crippen LogP contribution in [0.4, 0.5) is 5.82 Å². The number of anilines is 1. The molecule has 0 bridgehead atoms. The first-order chi connectivity index (χ1) is 7.72. The Morgan fingerprint density at radius 2 is 2.38 bits per heavy atom. The summed E-state index contributed by atoms with van der Waals surface area (Å²) in [6, 6.07) is 3.64. The molecule has 0 saturated carbocycles. The maximum Gasteiger partial charge on any atom is 0.210 e. The van der Waals surface area contributed by atoms with Crippen molar-refractivity contribution in [1.82, 2.24) is 9.88 Å². The summed E-state index contributed by atoms with van der Waals surface area (Å²) in [6.45, 7) is 3.05. The maximum atomic E-state index is 11.0. The molecule has 2 N–H and O–H groups in total. The molecule has 2 unspecified atom stereocenters. The van der Waals surface area contributed by atoms with E-state index >= 15 is 0 Å². The van der Waals surface area contributed by atoms with Crippen molar-refractivity contribution in [3.63, 3.8) is 0 Å². The van der Waals surface area contributed by atoms with Crippen LogP contribution in [0.15, 0.2) is 18.3 Å². The zero-order chi connectivity index (χ0) is 11.5. The van der Waals surface area contributed by atoms with Crippen molar-refractivity contribution < 1.29 is 9.53 Å². The molecule has 0 spiro atoms. The highest BCUT2D eigenvalue weighted by molar-refractivity contribution is 5.50. The summed E-state index contributed by atoms with van der Waals surface area (Å²) in [7, 11) is 0. The molecule has 2 atom stereocenters. The number of carbonyl (C=O) groups excluding carboxylic acids is 1. The Balaban J connectivity index is 2.24. The standard InChI is InChI=1S/C11H15N3O2/c1-8-5-16-6-10(14(8)7-15)9-2-3-11(12)13-4-9/h2-4,7-8,10H,5-6H2,1H3,(H2,12,13). The van der Waals surface area contributed by atoms with Crippen LogP contribution in [0.3, 0.4) is 0 Å². The van der Waals surface area contributed by atoms with Crippen LogP contribution >= 0.6 is 0 Å². The number of hydrogen-bond acceptors (Lipinski definition) is 4. The SMILES string of the molecule is CC1COCC(c2ccc(N)nc2)N1C=O. The van der Waals surface area contributed by atoms with Crippen molar-refractivity contribution in [3.05, 3.63) is 23.9 Å². The van der Waals surface area contributed by atoms with Gasteiger partial charge in [0, 0.05) is 6.20 Å². The lowest BCUT2D eigenvalue weighted by molar-refractivity contribution is -0.131. The van der Waals surface area contributed by atoms with E-state index in [9.17, 15) is 4.79 Å². The molecule has 1 aliphatic heterocycles. The third kappa shape index (κ3) is 1.99. The van der Waals surface area contributed by atoms with Gasteiger partial charge in [0.05, 0.1) is 25.3 Å².